The number of nitrogens with zero attached hydrogens (tertiary/aromatic N) is 1. The van der Waals surface area contributed by atoms with Gasteiger partial charge in [0.2, 0.25) is 5.91 Å². The van der Waals surface area contributed by atoms with E-state index in [1.165, 1.54) is 0 Å². The highest BCUT2D eigenvalue weighted by atomic mass is 32.2. The molecule has 0 aliphatic carbocycles. The number of methoxy groups -OCH3 is 1. The number of benzene rings is 1. The molecule has 1 aliphatic heterocycles. The third-order valence-electron chi connectivity index (χ3n) is 3.28. The minimum absolute atomic E-state index is 0.00931. The molecule has 0 unspecified atom stereocenters. The molecule has 6 heteroatoms. The molecule has 20 heavy (non-hydrogen) atoms. The molecule has 110 valence electrons. The van der Waals surface area contributed by atoms with Crippen molar-refractivity contribution in [1.82, 2.24) is 4.90 Å². The maximum atomic E-state index is 11.9. The van der Waals surface area contributed by atoms with Crippen molar-refractivity contribution in [1.29, 1.82) is 0 Å². The van der Waals surface area contributed by atoms with E-state index in [0.29, 0.717) is 13.0 Å². The Balaban J connectivity index is 1.76. The van der Waals surface area contributed by atoms with Crippen LogP contribution in [0.4, 0.5) is 5.69 Å². The first-order valence-corrected chi connectivity index (χ1v) is 8.17. The van der Waals surface area contributed by atoms with Crippen LogP contribution in [0.5, 0.6) is 5.75 Å². The zero-order valence-electron chi connectivity index (χ0n) is 11.6. The smallest absolute Gasteiger partial charge is 0.225 e. The van der Waals surface area contributed by atoms with Crippen molar-refractivity contribution in [3.8, 4) is 5.75 Å². The van der Waals surface area contributed by atoms with E-state index in [1.807, 2.05) is 18.2 Å². The summed E-state index contributed by atoms with van der Waals surface area (Å²) in [6, 6.07) is 7.31. The van der Waals surface area contributed by atoms with Crippen LogP contribution in [-0.4, -0.2) is 53.3 Å². The maximum Gasteiger partial charge on any atom is 0.225 e. The second kappa shape index (κ2) is 7.40. The molecule has 0 aromatic heterocycles. The number of amides is 1. The summed E-state index contributed by atoms with van der Waals surface area (Å²) in [5, 5.41) is 2.86. The summed E-state index contributed by atoms with van der Waals surface area (Å²) < 4.78 is 16.4. The van der Waals surface area contributed by atoms with Gasteiger partial charge >= 0.3 is 0 Å². The van der Waals surface area contributed by atoms with E-state index < -0.39 is 10.8 Å². The van der Waals surface area contributed by atoms with Crippen LogP contribution in [0.1, 0.15) is 6.42 Å². The molecule has 1 fully saturated rings. The molecule has 0 bridgehead atoms. The SMILES string of the molecule is COc1cccc(NC(=O)CCN2CCS(=O)CC2)c1. The standard InChI is InChI=1S/C14H20N2O3S/c1-19-13-4-2-3-12(11-13)15-14(17)5-6-16-7-9-20(18)10-8-16/h2-4,11H,5-10H2,1H3,(H,15,17). The quantitative estimate of drug-likeness (QED) is 0.883. The second-order valence-electron chi connectivity index (χ2n) is 4.72. The summed E-state index contributed by atoms with van der Waals surface area (Å²) >= 11 is 0. The fourth-order valence-corrected chi connectivity index (χ4v) is 3.21. The highest BCUT2D eigenvalue weighted by Gasteiger charge is 2.15. The average Bonchev–Trinajstić information content (AvgIpc) is 2.47. The van der Waals surface area contributed by atoms with E-state index in [1.54, 1.807) is 13.2 Å². The maximum absolute atomic E-state index is 11.9. The van der Waals surface area contributed by atoms with Crippen LogP contribution in [0.15, 0.2) is 24.3 Å². The topological polar surface area (TPSA) is 58.6 Å². The first kappa shape index (κ1) is 15.0. The fraction of sp³-hybridized carbons (Fsp3) is 0.500. The van der Waals surface area contributed by atoms with Gasteiger partial charge in [-0.15, -0.1) is 0 Å². The van der Waals surface area contributed by atoms with Gasteiger partial charge in [0.15, 0.2) is 0 Å². The average molecular weight is 296 g/mol. The Labute approximate surface area is 121 Å². The van der Waals surface area contributed by atoms with E-state index in [4.69, 9.17) is 4.74 Å². The summed E-state index contributed by atoms with van der Waals surface area (Å²) in [4.78, 5) is 14.1. The minimum atomic E-state index is -0.667. The molecule has 1 amide bonds. The van der Waals surface area contributed by atoms with E-state index >= 15 is 0 Å². The van der Waals surface area contributed by atoms with Crippen molar-refractivity contribution in [2.75, 3.05) is 43.6 Å². The number of carbonyl (C=O) groups is 1. The van der Waals surface area contributed by atoms with Gasteiger partial charge in [-0.25, -0.2) is 0 Å². The summed E-state index contributed by atoms with van der Waals surface area (Å²) in [5.74, 6) is 2.15. The molecule has 0 saturated carbocycles. The zero-order chi connectivity index (χ0) is 14.4. The number of hydrogen-bond donors (Lipinski definition) is 1. The van der Waals surface area contributed by atoms with Crippen LogP contribution in [0.25, 0.3) is 0 Å². The van der Waals surface area contributed by atoms with Crippen molar-refractivity contribution in [3.63, 3.8) is 0 Å². The summed E-state index contributed by atoms with van der Waals surface area (Å²) in [7, 11) is 0.932. The highest BCUT2D eigenvalue weighted by Crippen LogP contribution is 2.16. The van der Waals surface area contributed by atoms with Gasteiger partial charge in [0.25, 0.3) is 0 Å². The summed E-state index contributed by atoms with van der Waals surface area (Å²) in [5.41, 5.74) is 0.745. The number of nitrogens with one attached hydrogen (secondary N) is 1. The lowest BCUT2D eigenvalue weighted by molar-refractivity contribution is -0.116. The predicted molar refractivity (Wildman–Crippen MR) is 80.6 cm³/mol. The number of anilines is 1. The molecule has 1 aromatic carbocycles. The number of ether oxygens (including phenoxy) is 1. The van der Waals surface area contributed by atoms with E-state index in [2.05, 4.69) is 10.2 Å². The van der Waals surface area contributed by atoms with Crippen LogP contribution >= 0.6 is 0 Å². The summed E-state index contributed by atoms with van der Waals surface area (Å²) in [6.45, 7) is 2.35. The molecule has 1 aromatic rings. The van der Waals surface area contributed by atoms with Gasteiger partial charge in [0.05, 0.1) is 7.11 Å². The van der Waals surface area contributed by atoms with Gasteiger partial charge < -0.3 is 15.0 Å². The van der Waals surface area contributed by atoms with Crippen LogP contribution < -0.4 is 10.1 Å². The largest absolute Gasteiger partial charge is 0.497 e. The van der Waals surface area contributed by atoms with Gasteiger partial charge in [-0.1, -0.05) is 6.07 Å². The van der Waals surface area contributed by atoms with Gasteiger partial charge in [0, 0.05) is 60.1 Å². The molecule has 0 atom stereocenters. The van der Waals surface area contributed by atoms with E-state index in [9.17, 15) is 9.00 Å². The molecular formula is C14H20N2O3S. The van der Waals surface area contributed by atoms with Crippen LogP contribution in [0.2, 0.25) is 0 Å². The third kappa shape index (κ3) is 4.61. The van der Waals surface area contributed by atoms with Crippen molar-refractivity contribution < 1.29 is 13.7 Å². The molecule has 1 heterocycles. The zero-order valence-corrected chi connectivity index (χ0v) is 12.4. The number of hydrogen-bond acceptors (Lipinski definition) is 4. The Hall–Kier alpha value is -1.40. The molecule has 1 aliphatic rings. The lowest BCUT2D eigenvalue weighted by atomic mass is 10.3. The van der Waals surface area contributed by atoms with Gasteiger partial charge in [-0.05, 0) is 12.1 Å². The van der Waals surface area contributed by atoms with Crippen molar-refractivity contribution in [2.45, 2.75) is 6.42 Å². The minimum Gasteiger partial charge on any atom is -0.497 e. The summed E-state index contributed by atoms with van der Waals surface area (Å²) in [6.07, 6.45) is 0.448. The Morgan fingerprint density at radius 3 is 2.85 bits per heavy atom. The monoisotopic (exact) mass is 296 g/mol. The Bertz CT molecular complexity index is 483. The predicted octanol–water partition coefficient (Wildman–Crippen LogP) is 1.09. The first-order chi connectivity index (χ1) is 9.67. The Kier molecular flexibility index (Phi) is 5.55. The molecule has 1 saturated heterocycles. The Morgan fingerprint density at radius 1 is 1.40 bits per heavy atom. The fourth-order valence-electron chi connectivity index (χ4n) is 2.08. The molecule has 0 spiro atoms. The molecule has 1 N–H and O–H groups in total. The highest BCUT2D eigenvalue weighted by molar-refractivity contribution is 7.85. The lowest BCUT2D eigenvalue weighted by Gasteiger charge is -2.25. The second-order valence-corrected chi connectivity index (χ2v) is 6.42. The van der Waals surface area contributed by atoms with Gasteiger partial charge in [-0.3, -0.25) is 9.00 Å². The van der Waals surface area contributed by atoms with Crippen molar-refractivity contribution >= 4 is 22.4 Å². The van der Waals surface area contributed by atoms with Crippen LogP contribution in [0, 0.1) is 0 Å². The third-order valence-corrected chi connectivity index (χ3v) is 4.55. The van der Waals surface area contributed by atoms with Crippen molar-refractivity contribution in [3.05, 3.63) is 24.3 Å². The normalized spacial score (nSPS) is 16.9. The van der Waals surface area contributed by atoms with E-state index in [0.717, 1.165) is 36.0 Å². The number of carbonyl (C=O) groups excluding carboxylic acids is 1. The number of rotatable bonds is 5. The Morgan fingerprint density at radius 2 is 2.15 bits per heavy atom. The molecule has 0 radical (unpaired) electrons. The molecule has 2 rings (SSSR count). The van der Waals surface area contributed by atoms with Crippen molar-refractivity contribution in [2.24, 2.45) is 0 Å². The first-order valence-electron chi connectivity index (χ1n) is 6.68. The van der Waals surface area contributed by atoms with Gasteiger partial charge in [-0.2, -0.15) is 0 Å². The van der Waals surface area contributed by atoms with E-state index in [-0.39, 0.29) is 5.91 Å². The lowest BCUT2D eigenvalue weighted by Crippen LogP contribution is -2.39. The van der Waals surface area contributed by atoms with Crippen LogP contribution in [-0.2, 0) is 15.6 Å². The van der Waals surface area contributed by atoms with Crippen LogP contribution in [0.3, 0.4) is 0 Å². The molecule has 5 nitrogen and oxygen atoms in total. The van der Waals surface area contributed by atoms with Gasteiger partial charge in [0.1, 0.15) is 5.75 Å². The molecular weight excluding hydrogens is 276 g/mol.